The van der Waals surface area contributed by atoms with Crippen LogP contribution in [-0.2, 0) is 36.1 Å². The Morgan fingerprint density at radius 3 is 0.700 bits per heavy atom. The molecule has 0 saturated heterocycles. The van der Waals surface area contributed by atoms with E-state index in [-0.39, 0.29) is 51.4 Å². The van der Waals surface area contributed by atoms with E-state index in [1.165, 1.54) is 0 Å². The van der Waals surface area contributed by atoms with Crippen LogP contribution in [0, 0.1) is 69.1 Å². The third kappa shape index (κ3) is 3.13. The van der Waals surface area contributed by atoms with Crippen LogP contribution in [0.3, 0.4) is 0 Å². The molecule has 0 unspecified atom stereocenters. The van der Waals surface area contributed by atoms with Crippen molar-refractivity contribution in [2.75, 3.05) is 0 Å². The van der Waals surface area contributed by atoms with Crippen LogP contribution in [0.1, 0.15) is 0 Å². The monoisotopic (exact) mass is 478 g/mol. The average molecular weight is 477 g/mol. The summed E-state index contributed by atoms with van der Waals surface area (Å²) in [6.45, 7) is 0. The van der Waals surface area contributed by atoms with Gasteiger partial charge >= 0.3 is 157 Å². The van der Waals surface area contributed by atoms with Gasteiger partial charge in [0.05, 0.1) is 0 Å². The molecule has 0 spiro atoms. The standard InChI is InChI=1S/6CHNO.K.Re/c6*2-1-3;;/h6*3H;;/q;;;;;;+1;+5/p-6. The second-order valence-corrected chi connectivity index (χ2v) is 12.1. The fourth-order valence-corrected chi connectivity index (χ4v) is 5.39. The van der Waals surface area contributed by atoms with E-state index in [1.54, 1.807) is 0 Å². The summed E-state index contributed by atoms with van der Waals surface area (Å²) < 4.78 is 24.5. The average Bonchev–Trinajstić information content (AvgIpc) is 2.31. The van der Waals surface area contributed by atoms with Crippen molar-refractivity contribution in [3.05, 3.63) is 0 Å². The fourth-order valence-electron chi connectivity index (χ4n) is 0.659. The summed E-state index contributed by atoms with van der Waals surface area (Å²) in [6.07, 6.45) is 4.93. The summed E-state index contributed by atoms with van der Waals surface area (Å²) in [4.78, 5) is 0. The molecule has 0 atom stereocenters. The van der Waals surface area contributed by atoms with Gasteiger partial charge in [0.25, 0.3) is 0 Å². The molecule has 14 heteroatoms. The fraction of sp³-hybridized carbons (Fsp3) is 0. The van der Waals surface area contributed by atoms with Crippen molar-refractivity contribution < 1.29 is 87.5 Å². The van der Waals surface area contributed by atoms with E-state index in [0.717, 1.165) is 37.5 Å². The van der Waals surface area contributed by atoms with E-state index < -0.39 is 15.3 Å². The first-order valence-corrected chi connectivity index (χ1v) is 10.1. The molecular formula is C6KN6O6Re. The second kappa shape index (κ2) is 6.99. The smallest absolute Gasteiger partial charge is 1.00 e. The maximum absolute atomic E-state index is 8.50. The largest absolute Gasteiger partial charge is 1.00 e. The van der Waals surface area contributed by atoms with E-state index in [2.05, 4.69) is 20.8 Å². The van der Waals surface area contributed by atoms with Gasteiger partial charge in [-0.05, 0) is 0 Å². The predicted molar refractivity (Wildman–Crippen MR) is 40.2 cm³/mol. The Morgan fingerprint density at radius 1 is 0.450 bits per heavy atom. The third-order valence-electron chi connectivity index (χ3n) is 1.15. The van der Waals surface area contributed by atoms with Gasteiger partial charge in [0, 0.05) is 0 Å². The first-order valence-electron chi connectivity index (χ1n) is 3.49. The van der Waals surface area contributed by atoms with Crippen molar-refractivity contribution in [2.45, 2.75) is 0 Å². The minimum absolute atomic E-state index is 0. The van der Waals surface area contributed by atoms with E-state index in [9.17, 15) is 0 Å². The minimum atomic E-state index is -8.12. The second-order valence-electron chi connectivity index (χ2n) is 1.96. The maximum Gasteiger partial charge on any atom is 1.00 e. The minimum Gasteiger partial charge on any atom is 1.00 e. The van der Waals surface area contributed by atoms with Gasteiger partial charge in [-0.2, -0.15) is 0 Å². The van der Waals surface area contributed by atoms with E-state index in [0.29, 0.717) is 0 Å². The first-order chi connectivity index (χ1) is 8.97. The van der Waals surface area contributed by atoms with Gasteiger partial charge in [0.15, 0.2) is 0 Å². The van der Waals surface area contributed by atoms with E-state index in [4.69, 9.17) is 31.6 Å². The molecule has 0 aliphatic carbocycles. The van der Waals surface area contributed by atoms with Crippen LogP contribution < -0.4 is 51.4 Å². The summed E-state index contributed by atoms with van der Waals surface area (Å²) in [7, 11) is 0. The maximum atomic E-state index is 8.50. The van der Waals surface area contributed by atoms with Crippen LogP contribution >= 0.6 is 0 Å². The summed E-state index contributed by atoms with van der Waals surface area (Å²) in [5.41, 5.74) is 0. The molecule has 0 N–H and O–H groups in total. The zero-order valence-corrected chi connectivity index (χ0v) is 15.3. The molecule has 0 aromatic carbocycles. The van der Waals surface area contributed by atoms with Crippen molar-refractivity contribution in [2.24, 2.45) is 0 Å². The van der Waals surface area contributed by atoms with Crippen LogP contribution in [-0.4, -0.2) is 0 Å². The number of hydrogen-bond acceptors (Lipinski definition) is 12. The van der Waals surface area contributed by atoms with Gasteiger partial charge in [-0.3, -0.25) is 0 Å². The number of hydrogen-bond donors (Lipinski definition) is 0. The van der Waals surface area contributed by atoms with Crippen LogP contribution in [0.5, 0.6) is 0 Å². The Kier molecular flexibility index (Phi) is 7.12. The molecule has 0 fully saturated rings. The van der Waals surface area contributed by atoms with E-state index >= 15 is 0 Å². The summed E-state index contributed by atoms with van der Waals surface area (Å²) in [6, 6.07) is 0. The van der Waals surface area contributed by atoms with Crippen molar-refractivity contribution in [3.63, 3.8) is 0 Å². The zero-order valence-electron chi connectivity index (χ0n) is 9.51. The number of nitriles is 6. The SMILES string of the molecule is N#C[O][Re-]([O]C#N)([O]C#N)([O]C#N)([O]C#N)[O]C#N.[K+]. The summed E-state index contributed by atoms with van der Waals surface area (Å²) >= 11 is -8.12. The molecular weight excluding hydrogens is 477 g/mol. The molecule has 0 amide bonds. The quantitative estimate of drug-likeness (QED) is 0.273. The van der Waals surface area contributed by atoms with Crippen molar-refractivity contribution in [1.82, 2.24) is 0 Å². The van der Waals surface area contributed by atoms with Crippen molar-refractivity contribution >= 4 is 0 Å². The Morgan fingerprint density at radius 2 is 0.600 bits per heavy atom. The molecule has 0 aromatic rings. The van der Waals surface area contributed by atoms with Crippen LogP contribution in [0.2, 0.25) is 0 Å². The molecule has 0 aliphatic rings. The van der Waals surface area contributed by atoms with Gasteiger partial charge in [-0.1, -0.05) is 0 Å². The first kappa shape index (κ1) is 20.4. The topological polar surface area (TPSA) is 198 Å². The van der Waals surface area contributed by atoms with Crippen LogP contribution in [0.25, 0.3) is 0 Å². The van der Waals surface area contributed by atoms with Crippen LogP contribution in [0.4, 0.5) is 0 Å². The predicted octanol–water partition coefficient (Wildman–Crippen LogP) is -3.31. The molecule has 98 valence electrons. The molecule has 0 radical (unpaired) electrons. The normalized spacial score (nSPS) is 11.1. The number of nitrogens with zero attached hydrogens (tertiary/aromatic N) is 6. The van der Waals surface area contributed by atoms with E-state index in [1.807, 2.05) is 0 Å². The number of rotatable bonds is 6. The van der Waals surface area contributed by atoms with Gasteiger partial charge in [0.2, 0.25) is 0 Å². The Hall–Kier alpha value is -1.96. The Bertz CT molecular complexity index is 481. The van der Waals surface area contributed by atoms with Gasteiger partial charge in [-0.25, -0.2) is 0 Å². The third-order valence-corrected chi connectivity index (χ3v) is 9.43. The molecule has 0 heterocycles. The summed E-state index contributed by atoms with van der Waals surface area (Å²) in [5.74, 6) is 0. The zero-order chi connectivity index (χ0) is 14.9. The molecule has 12 nitrogen and oxygen atoms in total. The Balaban J connectivity index is 0. The van der Waals surface area contributed by atoms with Crippen molar-refractivity contribution in [1.29, 1.82) is 31.6 Å². The van der Waals surface area contributed by atoms with Crippen molar-refractivity contribution in [3.8, 4) is 37.5 Å². The van der Waals surface area contributed by atoms with Gasteiger partial charge in [-0.15, -0.1) is 0 Å². The Labute approximate surface area is 154 Å². The molecule has 0 rings (SSSR count). The van der Waals surface area contributed by atoms with Gasteiger partial charge in [0.1, 0.15) is 0 Å². The molecule has 0 aromatic heterocycles. The molecule has 0 aliphatic heterocycles. The molecule has 0 bridgehead atoms. The molecule has 20 heavy (non-hydrogen) atoms. The van der Waals surface area contributed by atoms with Gasteiger partial charge < -0.3 is 0 Å². The summed E-state index contributed by atoms with van der Waals surface area (Å²) in [5, 5.41) is 51.0. The molecule has 0 saturated carbocycles. The van der Waals surface area contributed by atoms with Crippen LogP contribution in [0.15, 0.2) is 0 Å².